The van der Waals surface area contributed by atoms with Crippen molar-refractivity contribution < 1.29 is 19.0 Å². The monoisotopic (exact) mass is 411 g/mol. The Hall–Kier alpha value is -3.03. The summed E-state index contributed by atoms with van der Waals surface area (Å²) in [5.41, 5.74) is 3.21. The van der Waals surface area contributed by atoms with Crippen molar-refractivity contribution in [2.24, 2.45) is 0 Å². The van der Waals surface area contributed by atoms with Crippen LogP contribution in [0.4, 0.5) is 0 Å². The van der Waals surface area contributed by atoms with Crippen LogP contribution in [0.5, 0.6) is 11.5 Å². The zero-order valence-corrected chi connectivity index (χ0v) is 16.2. The highest BCUT2D eigenvalue weighted by Gasteiger charge is 2.25. The lowest BCUT2D eigenvalue weighted by Crippen LogP contribution is -2.24. The molecule has 0 fully saturated rings. The second kappa shape index (κ2) is 7.42. The van der Waals surface area contributed by atoms with Crippen molar-refractivity contribution in [3.63, 3.8) is 0 Å². The number of fused-ring (bicyclic) bond motifs is 2. The number of rotatable bonds is 4. The minimum absolute atomic E-state index is 0.165. The highest BCUT2D eigenvalue weighted by molar-refractivity contribution is 6.30. The molecule has 7 nitrogen and oxygen atoms in total. The van der Waals surface area contributed by atoms with Crippen molar-refractivity contribution in [1.82, 2.24) is 15.1 Å². The average Bonchev–Trinajstić information content (AvgIpc) is 3.38. The molecular formula is C21H18ClN3O4. The molecule has 1 atom stereocenters. The van der Waals surface area contributed by atoms with Gasteiger partial charge in [-0.2, -0.15) is 5.10 Å². The number of ether oxygens (including phenoxy) is 3. The van der Waals surface area contributed by atoms with Crippen molar-refractivity contribution >= 4 is 17.5 Å². The van der Waals surface area contributed by atoms with E-state index in [1.807, 2.05) is 35.0 Å². The molecule has 2 aliphatic heterocycles. The Bertz CT molecular complexity index is 1060. The highest BCUT2D eigenvalue weighted by atomic mass is 35.5. The Balaban J connectivity index is 1.26. The van der Waals surface area contributed by atoms with Crippen LogP contribution in [0, 0.1) is 0 Å². The molecule has 1 aromatic heterocycles. The number of nitrogens with one attached hydrogen (secondary N) is 1. The SMILES string of the molecule is O=C(NCc1ccc(Cl)cc1)c1cc2n(n1)CC(c1ccc3c(c1)OCO3)OC2. The predicted octanol–water partition coefficient (Wildman–Crippen LogP) is 3.47. The first-order chi connectivity index (χ1) is 14.2. The summed E-state index contributed by atoms with van der Waals surface area (Å²) in [7, 11) is 0. The molecular weight excluding hydrogens is 394 g/mol. The summed E-state index contributed by atoms with van der Waals surface area (Å²) in [6.07, 6.45) is -0.165. The third kappa shape index (κ3) is 3.66. The van der Waals surface area contributed by atoms with Gasteiger partial charge in [-0.25, -0.2) is 0 Å². The minimum atomic E-state index is -0.221. The third-order valence-corrected chi connectivity index (χ3v) is 5.25. The lowest BCUT2D eigenvalue weighted by molar-refractivity contribution is -0.00128. The van der Waals surface area contributed by atoms with Gasteiger partial charge in [-0.05, 0) is 41.5 Å². The molecule has 2 aromatic carbocycles. The maximum atomic E-state index is 12.5. The number of halogens is 1. The second-order valence-electron chi connectivity index (χ2n) is 6.92. The first-order valence-corrected chi connectivity index (χ1v) is 9.64. The summed E-state index contributed by atoms with van der Waals surface area (Å²) in [6, 6.07) is 14.9. The van der Waals surface area contributed by atoms with E-state index in [4.69, 9.17) is 25.8 Å². The van der Waals surface area contributed by atoms with Gasteiger partial charge < -0.3 is 19.5 Å². The van der Waals surface area contributed by atoms with E-state index in [-0.39, 0.29) is 18.8 Å². The molecule has 0 radical (unpaired) electrons. The van der Waals surface area contributed by atoms with Crippen LogP contribution in [-0.4, -0.2) is 22.5 Å². The van der Waals surface area contributed by atoms with E-state index >= 15 is 0 Å². The van der Waals surface area contributed by atoms with E-state index in [0.717, 1.165) is 28.3 Å². The van der Waals surface area contributed by atoms with Crippen molar-refractivity contribution in [2.45, 2.75) is 25.8 Å². The molecule has 0 saturated heterocycles. The van der Waals surface area contributed by atoms with Crippen LogP contribution in [-0.2, 0) is 24.4 Å². The van der Waals surface area contributed by atoms with Crippen molar-refractivity contribution in [1.29, 1.82) is 0 Å². The van der Waals surface area contributed by atoms with Crippen molar-refractivity contribution in [3.8, 4) is 11.5 Å². The summed E-state index contributed by atoms with van der Waals surface area (Å²) in [4.78, 5) is 12.5. The van der Waals surface area contributed by atoms with E-state index in [0.29, 0.717) is 30.4 Å². The second-order valence-corrected chi connectivity index (χ2v) is 7.36. The number of hydrogen-bond donors (Lipinski definition) is 1. The Kier molecular flexibility index (Phi) is 4.61. The number of benzene rings is 2. The molecule has 3 aromatic rings. The molecule has 148 valence electrons. The van der Waals surface area contributed by atoms with Gasteiger partial charge in [0.15, 0.2) is 17.2 Å². The van der Waals surface area contributed by atoms with E-state index in [1.165, 1.54) is 0 Å². The molecule has 0 aliphatic carbocycles. The molecule has 1 unspecified atom stereocenters. The topological polar surface area (TPSA) is 74.6 Å². The summed E-state index contributed by atoms with van der Waals surface area (Å²) in [5.74, 6) is 1.24. The molecule has 0 bridgehead atoms. The molecule has 3 heterocycles. The molecule has 0 spiro atoms. The van der Waals surface area contributed by atoms with Gasteiger partial charge in [0, 0.05) is 11.6 Å². The fourth-order valence-corrected chi connectivity index (χ4v) is 3.55. The average molecular weight is 412 g/mol. The zero-order chi connectivity index (χ0) is 19.8. The summed E-state index contributed by atoms with van der Waals surface area (Å²) in [5, 5.41) is 8.02. The zero-order valence-electron chi connectivity index (χ0n) is 15.4. The number of aromatic nitrogens is 2. The Labute approximate surface area is 172 Å². The molecule has 29 heavy (non-hydrogen) atoms. The van der Waals surface area contributed by atoms with Gasteiger partial charge in [-0.3, -0.25) is 9.48 Å². The van der Waals surface area contributed by atoms with Gasteiger partial charge in [-0.1, -0.05) is 29.8 Å². The largest absolute Gasteiger partial charge is 0.454 e. The molecule has 2 aliphatic rings. The number of amides is 1. The van der Waals surface area contributed by atoms with E-state index in [9.17, 15) is 4.79 Å². The normalized spacial score (nSPS) is 17.1. The predicted molar refractivity (Wildman–Crippen MR) is 105 cm³/mol. The summed E-state index contributed by atoms with van der Waals surface area (Å²) < 4.78 is 18.6. The molecule has 1 N–H and O–H groups in total. The van der Waals surface area contributed by atoms with Crippen LogP contribution in [0.25, 0.3) is 0 Å². The first-order valence-electron chi connectivity index (χ1n) is 9.26. The van der Waals surface area contributed by atoms with E-state index in [1.54, 1.807) is 18.2 Å². The third-order valence-electron chi connectivity index (χ3n) is 5.00. The lowest BCUT2D eigenvalue weighted by atomic mass is 10.1. The fraction of sp³-hybridized carbons (Fsp3) is 0.238. The summed E-state index contributed by atoms with van der Waals surface area (Å²) >= 11 is 5.89. The fourth-order valence-electron chi connectivity index (χ4n) is 3.43. The van der Waals surface area contributed by atoms with E-state index in [2.05, 4.69) is 10.4 Å². The van der Waals surface area contributed by atoms with Crippen LogP contribution < -0.4 is 14.8 Å². The van der Waals surface area contributed by atoms with Gasteiger partial charge in [0.25, 0.3) is 5.91 Å². The first kappa shape index (κ1) is 18.0. The smallest absolute Gasteiger partial charge is 0.272 e. The number of carbonyl (C=O) groups excluding carboxylic acids is 1. The van der Waals surface area contributed by atoms with Gasteiger partial charge in [-0.15, -0.1) is 0 Å². The molecule has 1 amide bonds. The Morgan fingerprint density at radius 3 is 2.83 bits per heavy atom. The van der Waals surface area contributed by atoms with Gasteiger partial charge >= 0.3 is 0 Å². The minimum Gasteiger partial charge on any atom is -0.454 e. The maximum Gasteiger partial charge on any atom is 0.272 e. The highest BCUT2D eigenvalue weighted by Crippen LogP contribution is 2.36. The van der Waals surface area contributed by atoms with Crippen LogP contribution in [0.1, 0.15) is 33.4 Å². The van der Waals surface area contributed by atoms with Gasteiger partial charge in [0.1, 0.15) is 6.10 Å². The standard InChI is InChI=1S/C21H18ClN3O4/c22-15-4-1-13(2-5-15)9-23-21(26)17-8-16-11-27-20(10-25(16)24-17)14-3-6-18-19(7-14)29-12-28-18/h1-8,20H,9-12H2,(H,23,26). The number of hydrogen-bond acceptors (Lipinski definition) is 5. The van der Waals surface area contributed by atoms with Crippen molar-refractivity contribution in [3.05, 3.63) is 76.1 Å². The Morgan fingerprint density at radius 1 is 1.14 bits per heavy atom. The maximum absolute atomic E-state index is 12.5. The summed E-state index contributed by atoms with van der Waals surface area (Å²) in [6.45, 7) is 1.56. The van der Waals surface area contributed by atoms with Crippen LogP contribution in [0.2, 0.25) is 5.02 Å². The van der Waals surface area contributed by atoms with Crippen molar-refractivity contribution in [2.75, 3.05) is 6.79 Å². The lowest BCUT2D eigenvalue weighted by Gasteiger charge is -2.24. The van der Waals surface area contributed by atoms with Crippen LogP contribution in [0.15, 0.2) is 48.5 Å². The number of carbonyl (C=O) groups is 1. The van der Waals surface area contributed by atoms with E-state index < -0.39 is 0 Å². The van der Waals surface area contributed by atoms with Gasteiger partial charge in [0.2, 0.25) is 6.79 Å². The van der Waals surface area contributed by atoms with Gasteiger partial charge in [0.05, 0.1) is 18.8 Å². The Morgan fingerprint density at radius 2 is 1.97 bits per heavy atom. The van der Waals surface area contributed by atoms with Crippen LogP contribution >= 0.6 is 11.6 Å². The van der Waals surface area contributed by atoms with Crippen LogP contribution in [0.3, 0.4) is 0 Å². The molecule has 0 saturated carbocycles. The molecule has 5 rings (SSSR count). The quantitative estimate of drug-likeness (QED) is 0.711. The number of nitrogens with zero attached hydrogens (tertiary/aromatic N) is 2. The molecule has 8 heteroatoms.